The average Bonchev–Trinajstić information content (AvgIpc) is 3.16. The van der Waals surface area contributed by atoms with E-state index in [2.05, 4.69) is 14.9 Å². The predicted octanol–water partition coefficient (Wildman–Crippen LogP) is 4.96. The average molecular weight is 528 g/mol. The second-order valence-electron chi connectivity index (χ2n) is 9.35. The van der Waals surface area contributed by atoms with Crippen LogP contribution >= 0.6 is 0 Å². The molecule has 1 unspecified atom stereocenters. The first-order valence-corrected chi connectivity index (χ1v) is 11.3. The van der Waals surface area contributed by atoms with Gasteiger partial charge in [0.1, 0.15) is 23.2 Å². The number of nitrogen functional groups attached to an aromatic ring is 1. The zero-order valence-electron chi connectivity index (χ0n) is 24.4. The largest absolute Gasteiger partial charge is 0.482 e. The topological polar surface area (TPSA) is 137 Å². The number of hydrogen-bond acceptors (Lipinski definition) is 7. The van der Waals surface area contributed by atoms with E-state index in [4.69, 9.17) is 25.9 Å². The maximum atomic E-state index is 13.9. The number of nitrogens with zero attached hydrogens (tertiary/aromatic N) is 5. The molecule has 0 fully saturated rings. The molecule has 38 heavy (non-hydrogen) atoms. The van der Waals surface area contributed by atoms with Crippen LogP contribution in [0.1, 0.15) is 59.5 Å². The first-order valence-electron chi connectivity index (χ1n) is 12.8. The van der Waals surface area contributed by atoms with Crippen molar-refractivity contribution in [3.63, 3.8) is 0 Å². The Labute approximate surface area is 223 Å². The molecular formula is C26H29FN6O5. The second-order valence-corrected chi connectivity index (χ2v) is 9.35. The molecule has 1 atom stereocenters. The summed E-state index contributed by atoms with van der Waals surface area (Å²) in [5.41, 5.74) is 5.41. The number of carboxylic acids is 1. The number of rotatable bonds is 7. The standard InChI is InChI=1S/C26H29FN6O5/c1-14(18-11-16(27)8-9-17(18)24(34)35)37-20-10-15(12-30-22(20)28)21-19(31-33(7)23(21)29-5)13-32(6)25(36)38-26(2,3)4/h8-12,14H,13H2,1-4,6-7H3,(H2,28,30)(H,34,35)/i6D3. The number of carboxylic acid groups (broad SMARTS) is 1. The monoisotopic (exact) mass is 527 g/mol. The molecule has 3 rings (SSSR count). The Hall–Kier alpha value is -4.66. The molecule has 12 heteroatoms. The predicted molar refractivity (Wildman–Crippen MR) is 137 cm³/mol. The summed E-state index contributed by atoms with van der Waals surface area (Å²) in [4.78, 5) is 32.6. The van der Waals surface area contributed by atoms with Crippen molar-refractivity contribution in [2.75, 3.05) is 12.7 Å². The highest BCUT2D eigenvalue weighted by atomic mass is 19.1. The minimum absolute atomic E-state index is 0.0125. The van der Waals surface area contributed by atoms with E-state index in [9.17, 15) is 19.1 Å². The van der Waals surface area contributed by atoms with Crippen LogP contribution in [-0.2, 0) is 18.3 Å². The number of ether oxygens (including phenoxy) is 2. The van der Waals surface area contributed by atoms with Gasteiger partial charge in [0.2, 0.25) is 0 Å². The Bertz CT molecular complexity index is 1530. The summed E-state index contributed by atoms with van der Waals surface area (Å²) in [5.74, 6) is -2.02. The highest BCUT2D eigenvalue weighted by Crippen LogP contribution is 2.38. The van der Waals surface area contributed by atoms with E-state index in [-0.39, 0.29) is 45.3 Å². The second kappa shape index (κ2) is 10.8. The molecule has 2 aromatic heterocycles. The Balaban J connectivity index is 2.07. The summed E-state index contributed by atoms with van der Waals surface area (Å²) in [7, 11) is 1.48. The number of anilines is 1. The van der Waals surface area contributed by atoms with Gasteiger partial charge in [-0.05, 0) is 57.5 Å². The number of carbonyl (C=O) groups excluding carboxylic acids is 1. The van der Waals surface area contributed by atoms with Gasteiger partial charge in [-0.1, -0.05) is 6.57 Å². The molecule has 11 nitrogen and oxygen atoms in total. The molecule has 0 saturated carbocycles. The first-order chi connectivity index (χ1) is 18.9. The number of pyridine rings is 1. The Morgan fingerprint density at radius 3 is 2.68 bits per heavy atom. The van der Waals surface area contributed by atoms with Gasteiger partial charge in [0.05, 0.1) is 19.2 Å². The molecule has 0 bridgehead atoms. The molecule has 0 aliphatic heterocycles. The molecular weight excluding hydrogens is 495 g/mol. The third-order valence-corrected chi connectivity index (χ3v) is 5.27. The van der Waals surface area contributed by atoms with Crippen molar-refractivity contribution in [1.82, 2.24) is 19.7 Å². The van der Waals surface area contributed by atoms with Gasteiger partial charge < -0.3 is 30.1 Å². The van der Waals surface area contributed by atoms with Crippen LogP contribution in [0.2, 0.25) is 0 Å². The fourth-order valence-corrected chi connectivity index (χ4v) is 3.64. The van der Waals surface area contributed by atoms with E-state index >= 15 is 0 Å². The van der Waals surface area contributed by atoms with Crippen LogP contribution in [0.25, 0.3) is 16.0 Å². The smallest absolute Gasteiger partial charge is 0.410 e. The molecule has 3 N–H and O–H groups in total. The van der Waals surface area contributed by atoms with Gasteiger partial charge in [0.15, 0.2) is 11.6 Å². The van der Waals surface area contributed by atoms with Crippen molar-refractivity contribution in [2.24, 2.45) is 7.05 Å². The van der Waals surface area contributed by atoms with Gasteiger partial charge in [-0.25, -0.2) is 23.6 Å². The van der Waals surface area contributed by atoms with Crippen LogP contribution in [0.5, 0.6) is 5.75 Å². The maximum Gasteiger partial charge on any atom is 0.410 e. The minimum Gasteiger partial charge on any atom is -0.482 e. The van der Waals surface area contributed by atoms with Crippen molar-refractivity contribution in [3.8, 4) is 16.9 Å². The summed E-state index contributed by atoms with van der Waals surface area (Å²) in [6, 6.07) is 4.60. The van der Waals surface area contributed by atoms with E-state index in [0.29, 0.717) is 4.90 Å². The molecule has 0 saturated heterocycles. The first kappa shape index (κ1) is 23.7. The van der Waals surface area contributed by atoms with Crippen LogP contribution in [0.4, 0.5) is 20.8 Å². The van der Waals surface area contributed by atoms with E-state index in [0.717, 1.165) is 18.2 Å². The van der Waals surface area contributed by atoms with Crippen molar-refractivity contribution in [1.29, 1.82) is 0 Å². The third kappa shape index (κ3) is 6.18. The van der Waals surface area contributed by atoms with E-state index in [1.165, 1.54) is 30.9 Å². The zero-order valence-corrected chi connectivity index (χ0v) is 21.4. The van der Waals surface area contributed by atoms with Crippen molar-refractivity contribution >= 4 is 23.7 Å². The fraction of sp³-hybridized carbons (Fsp3) is 0.346. The number of aryl methyl sites for hydroxylation is 1. The summed E-state index contributed by atoms with van der Waals surface area (Å²) >= 11 is 0. The van der Waals surface area contributed by atoms with Crippen LogP contribution in [0, 0.1) is 12.4 Å². The molecule has 200 valence electrons. The van der Waals surface area contributed by atoms with E-state index in [1.807, 2.05) is 0 Å². The number of aromatic carboxylic acids is 1. The molecule has 0 radical (unpaired) electrons. The van der Waals surface area contributed by atoms with Gasteiger partial charge in [-0.3, -0.25) is 0 Å². The Morgan fingerprint density at radius 2 is 2.08 bits per heavy atom. The molecule has 3 aromatic rings. The van der Waals surface area contributed by atoms with E-state index < -0.39 is 43.1 Å². The fourth-order valence-electron chi connectivity index (χ4n) is 3.64. The Kier molecular flexibility index (Phi) is 6.72. The number of nitrogens with two attached hydrogens (primary N) is 1. The van der Waals surface area contributed by atoms with E-state index in [1.54, 1.807) is 20.8 Å². The molecule has 2 heterocycles. The van der Waals surface area contributed by atoms with Crippen LogP contribution in [0.3, 0.4) is 0 Å². The van der Waals surface area contributed by atoms with Crippen LogP contribution < -0.4 is 10.5 Å². The Morgan fingerprint density at radius 1 is 1.37 bits per heavy atom. The number of amides is 1. The highest BCUT2D eigenvalue weighted by molar-refractivity contribution is 5.89. The number of hydrogen-bond donors (Lipinski definition) is 2. The minimum atomic E-state index is -2.90. The zero-order chi connectivity index (χ0) is 30.9. The van der Waals surface area contributed by atoms with Crippen molar-refractivity contribution in [2.45, 2.75) is 45.9 Å². The molecule has 0 aliphatic rings. The van der Waals surface area contributed by atoms with Gasteiger partial charge in [-0.2, -0.15) is 0 Å². The number of halogens is 1. The lowest BCUT2D eigenvalue weighted by molar-refractivity contribution is 0.0283. The SMILES string of the molecule is [2H]C([2H])([2H])N(Cc1nn(C)c([N+]#[C-])c1-c1cnc(N)c(OC(C)c2cc(F)ccc2C(=O)O)c1)C(=O)OC(C)(C)C. The lowest BCUT2D eigenvalue weighted by Gasteiger charge is -2.24. The molecule has 1 amide bonds. The summed E-state index contributed by atoms with van der Waals surface area (Å²) in [6.07, 6.45) is -0.765. The van der Waals surface area contributed by atoms with Gasteiger partial charge >= 0.3 is 12.1 Å². The van der Waals surface area contributed by atoms with Crippen LogP contribution in [-0.4, -0.2) is 49.4 Å². The third-order valence-electron chi connectivity index (χ3n) is 5.27. The summed E-state index contributed by atoms with van der Waals surface area (Å²) in [6.45, 7) is 10.5. The van der Waals surface area contributed by atoms with Crippen molar-refractivity contribution < 1.29 is 32.7 Å². The number of aromatic nitrogens is 3. The maximum absolute atomic E-state index is 13.9. The quantitative estimate of drug-likeness (QED) is 0.411. The molecule has 0 spiro atoms. The van der Waals surface area contributed by atoms with Gasteiger partial charge in [-0.15, -0.1) is 5.10 Å². The van der Waals surface area contributed by atoms with Gasteiger partial charge in [0.25, 0.3) is 5.82 Å². The lowest BCUT2D eigenvalue weighted by atomic mass is 10.0. The summed E-state index contributed by atoms with van der Waals surface area (Å²) in [5, 5.41) is 13.8. The summed E-state index contributed by atoms with van der Waals surface area (Å²) < 4.78 is 50.0. The molecule has 1 aromatic carbocycles. The number of carbonyl (C=O) groups is 2. The molecule has 0 aliphatic carbocycles. The lowest BCUT2D eigenvalue weighted by Crippen LogP contribution is -2.34. The van der Waals surface area contributed by atoms with Gasteiger partial charge in [0, 0.05) is 28.4 Å². The number of benzene rings is 1. The normalized spacial score (nSPS) is 13.4. The van der Waals surface area contributed by atoms with Crippen LogP contribution in [0.15, 0.2) is 30.5 Å². The highest BCUT2D eigenvalue weighted by Gasteiger charge is 2.26. The van der Waals surface area contributed by atoms with Crippen molar-refractivity contribution in [3.05, 3.63) is 64.5 Å².